The van der Waals surface area contributed by atoms with Crippen molar-refractivity contribution in [2.75, 3.05) is 18.8 Å². The van der Waals surface area contributed by atoms with Crippen molar-refractivity contribution in [2.45, 2.75) is 45.4 Å². The van der Waals surface area contributed by atoms with E-state index in [2.05, 4.69) is 56.8 Å². The Kier molecular flexibility index (Phi) is 6.73. The number of aromatic nitrogens is 3. The van der Waals surface area contributed by atoms with E-state index in [4.69, 9.17) is 17.3 Å². The summed E-state index contributed by atoms with van der Waals surface area (Å²) < 4.78 is 0. The zero-order chi connectivity index (χ0) is 24.5. The van der Waals surface area contributed by atoms with Gasteiger partial charge in [-0.3, -0.25) is 9.80 Å². The van der Waals surface area contributed by atoms with E-state index >= 15 is 0 Å². The molecular formula is C27H31ClN6O. The molecule has 3 N–H and O–H groups in total. The summed E-state index contributed by atoms with van der Waals surface area (Å²) in [4.78, 5) is 29.0. The summed E-state index contributed by atoms with van der Waals surface area (Å²) in [6.45, 7) is 7.54. The third-order valence-corrected chi connectivity index (χ3v) is 7.07. The lowest BCUT2D eigenvalue weighted by Gasteiger charge is -2.45. The molecule has 35 heavy (non-hydrogen) atoms. The third-order valence-electron chi connectivity index (χ3n) is 6.84. The van der Waals surface area contributed by atoms with Crippen LogP contribution in [0.4, 0.5) is 5.82 Å². The number of hydrogen-bond donors (Lipinski definition) is 2. The van der Waals surface area contributed by atoms with Gasteiger partial charge in [0.1, 0.15) is 18.4 Å². The Morgan fingerprint density at radius 2 is 2.00 bits per heavy atom. The summed E-state index contributed by atoms with van der Waals surface area (Å²) in [5, 5.41) is 2.70. The molecule has 1 fully saturated rings. The number of piperazine rings is 1. The zero-order valence-electron chi connectivity index (χ0n) is 20.1. The number of nitrogens with two attached hydrogens (primary N) is 1. The molecule has 0 bridgehead atoms. The molecule has 2 aromatic carbocycles. The number of halogens is 1. The molecule has 0 aliphatic carbocycles. The van der Waals surface area contributed by atoms with E-state index in [0.717, 1.165) is 63.9 Å². The van der Waals surface area contributed by atoms with E-state index in [-0.39, 0.29) is 12.1 Å². The topological polar surface area (TPSA) is 91.1 Å². The van der Waals surface area contributed by atoms with Gasteiger partial charge in [-0.1, -0.05) is 31.5 Å². The average Bonchev–Trinajstić information content (AvgIpc) is 3.21. The van der Waals surface area contributed by atoms with E-state index < -0.39 is 0 Å². The minimum Gasteiger partial charge on any atom is -0.383 e. The molecule has 3 heterocycles. The Morgan fingerprint density at radius 3 is 2.80 bits per heavy atom. The highest BCUT2D eigenvalue weighted by Gasteiger charge is 2.34. The van der Waals surface area contributed by atoms with Crippen LogP contribution >= 0.6 is 11.6 Å². The Morgan fingerprint density at radius 1 is 1.14 bits per heavy atom. The lowest BCUT2D eigenvalue weighted by Crippen LogP contribution is -2.58. The highest BCUT2D eigenvalue weighted by molar-refractivity contribution is 6.31. The van der Waals surface area contributed by atoms with Crippen molar-refractivity contribution in [2.24, 2.45) is 5.92 Å². The van der Waals surface area contributed by atoms with Crippen molar-refractivity contribution in [3.8, 4) is 0 Å². The number of carbonyl (C=O) groups is 1. The summed E-state index contributed by atoms with van der Waals surface area (Å²) >= 11 is 6.17. The monoisotopic (exact) mass is 490 g/mol. The number of nitrogens with zero attached hydrogens (tertiary/aromatic N) is 4. The number of aldehydes is 1. The largest absolute Gasteiger partial charge is 0.383 e. The molecule has 7 nitrogen and oxygen atoms in total. The lowest BCUT2D eigenvalue weighted by atomic mass is 9.96. The molecule has 8 heteroatoms. The van der Waals surface area contributed by atoms with Gasteiger partial charge in [-0.05, 0) is 54.3 Å². The molecule has 2 aromatic heterocycles. The number of hydrogen-bond acceptors (Lipinski definition) is 6. The second-order valence-electron chi connectivity index (χ2n) is 9.99. The zero-order valence-corrected chi connectivity index (χ0v) is 20.9. The standard InChI is InChI=1S/C27H31ClN6O/c1-17(2)7-22-13-33(12-21-10-19-9-20(28)4-6-25(19)32-21)14-23(15-35)34(22)11-18-3-5-24-26(8-18)30-16-31-27(24)29/h3-6,8-10,15-17,22-23,32H,7,11-14H2,1-2H3,(H2,29,30,31)/t22-,23?/m1/s1. The van der Waals surface area contributed by atoms with E-state index in [9.17, 15) is 4.79 Å². The van der Waals surface area contributed by atoms with Crippen LogP contribution in [0.5, 0.6) is 0 Å². The van der Waals surface area contributed by atoms with Crippen LogP contribution in [0, 0.1) is 5.92 Å². The summed E-state index contributed by atoms with van der Waals surface area (Å²) in [7, 11) is 0. The molecule has 0 radical (unpaired) electrons. The van der Waals surface area contributed by atoms with Crippen LogP contribution < -0.4 is 5.73 Å². The number of nitrogens with one attached hydrogen (secondary N) is 1. The fourth-order valence-corrected chi connectivity index (χ4v) is 5.47. The van der Waals surface area contributed by atoms with Gasteiger partial charge in [-0.15, -0.1) is 0 Å². The number of aromatic amines is 1. The first-order chi connectivity index (χ1) is 16.9. The fraction of sp³-hybridized carbons (Fsp3) is 0.370. The van der Waals surface area contributed by atoms with Gasteiger partial charge < -0.3 is 15.5 Å². The molecule has 1 aliphatic rings. The van der Waals surface area contributed by atoms with Gasteiger partial charge in [0.25, 0.3) is 0 Å². The molecular weight excluding hydrogens is 460 g/mol. The summed E-state index contributed by atoms with van der Waals surface area (Å²) in [5.74, 6) is 1.01. The van der Waals surface area contributed by atoms with Gasteiger partial charge in [-0.25, -0.2) is 9.97 Å². The Bertz CT molecular complexity index is 1350. The van der Waals surface area contributed by atoms with E-state index in [1.165, 1.54) is 6.33 Å². The highest BCUT2D eigenvalue weighted by atomic mass is 35.5. The fourth-order valence-electron chi connectivity index (χ4n) is 5.29. The van der Waals surface area contributed by atoms with Gasteiger partial charge in [-0.2, -0.15) is 0 Å². The van der Waals surface area contributed by atoms with E-state index in [1.807, 2.05) is 24.3 Å². The summed E-state index contributed by atoms with van der Waals surface area (Å²) in [6, 6.07) is 14.2. The number of nitrogen functional groups attached to an aromatic ring is 1. The van der Waals surface area contributed by atoms with Gasteiger partial charge in [0, 0.05) is 59.2 Å². The predicted molar refractivity (Wildman–Crippen MR) is 141 cm³/mol. The second-order valence-corrected chi connectivity index (χ2v) is 10.4. The normalized spacial score (nSPS) is 19.7. The average molecular weight is 491 g/mol. The molecule has 5 rings (SSSR count). The number of anilines is 1. The summed E-state index contributed by atoms with van der Waals surface area (Å²) in [6.07, 6.45) is 3.62. The predicted octanol–water partition coefficient (Wildman–Crippen LogP) is 4.65. The van der Waals surface area contributed by atoms with Crippen LogP contribution in [0.15, 0.2) is 48.8 Å². The summed E-state index contributed by atoms with van der Waals surface area (Å²) in [5.41, 5.74) is 10.2. The maximum Gasteiger partial charge on any atom is 0.138 e. The highest BCUT2D eigenvalue weighted by Crippen LogP contribution is 2.27. The van der Waals surface area contributed by atoms with Gasteiger partial charge >= 0.3 is 0 Å². The second kappa shape index (κ2) is 9.93. The Balaban J connectivity index is 1.37. The van der Waals surface area contributed by atoms with Crippen LogP contribution in [0.1, 0.15) is 31.5 Å². The maximum absolute atomic E-state index is 12.3. The first-order valence-corrected chi connectivity index (χ1v) is 12.5. The molecule has 1 aliphatic heterocycles. The number of fused-ring (bicyclic) bond motifs is 2. The quantitative estimate of drug-likeness (QED) is 0.366. The number of rotatable bonds is 7. The smallest absolute Gasteiger partial charge is 0.138 e. The molecule has 4 aromatic rings. The number of H-pyrrole nitrogens is 1. The minimum absolute atomic E-state index is 0.183. The van der Waals surface area contributed by atoms with Crippen molar-refractivity contribution < 1.29 is 4.79 Å². The van der Waals surface area contributed by atoms with Crippen LogP contribution in [-0.4, -0.2) is 56.2 Å². The van der Waals surface area contributed by atoms with Gasteiger partial charge in [0.15, 0.2) is 0 Å². The molecule has 0 amide bonds. The SMILES string of the molecule is CC(C)C[C@@H]1CN(Cc2cc3cc(Cl)ccc3[nH]2)CC(C=O)N1Cc1ccc2c(N)ncnc2c1. The molecule has 182 valence electrons. The lowest BCUT2D eigenvalue weighted by molar-refractivity contribution is -0.117. The third kappa shape index (κ3) is 5.17. The van der Waals surface area contributed by atoms with E-state index in [1.54, 1.807) is 0 Å². The first-order valence-electron chi connectivity index (χ1n) is 12.1. The first kappa shape index (κ1) is 23.7. The van der Waals surface area contributed by atoms with Crippen LogP contribution in [0.2, 0.25) is 5.02 Å². The van der Waals surface area contributed by atoms with Crippen molar-refractivity contribution in [3.63, 3.8) is 0 Å². The molecule has 2 atom stereocenters. The van der Waals surface area contributed by atoms with Crippen LogP contribution in [0.25, 0.3) is 21.8 Å². The van der Waals surface area contributed by atoms with E-state index in [0.29, 0.717) is 24.8 Å². The number of benzene rings is 2. The van der Waals surface area contributed by atoms with Crippen LogP contribution in [-0.2, 0) is 17.9 Å². The van der Waals surface area contributed by atoms with Crippen molar-refractivity contribution in [1.29, 1.82) is 0 Å². The Labute approximate surface area is 210 Å². The minimum atomic E-state index is -0.183. The molecule has 0 saturated carbocycles. The number of carbonyl (C=O) groups excluding carboxylic acids is 1. The molecule has 1 saturated heterocycles. The van der Waals surface area contributed by atoms with Gasteiger partial charge in [0.2, 0.25) is 0 Å². The maximum atomic E-state index is 12.3. The van der Waals surface area contributed by atoms with Crippen molar-refractivity contribution in [1.82, 2.24) is 24.8 Å². The Hall–Kier alpha value is -3.00. The molecule has 0 spiro atoms. The van der Waals surface area contributed by atoms with Crippen molar-refractivity contribution in [3.05, 3.63) is 65.1 Å². The van der Waals surface area contributed by atoms with Crippen LogP contribution in [0.3, 0.4) is 0 Å². The van der Waals surface area contributed by atoms with Crippen molar-refractivity contribution >= 4 is 45.5 Å². The molecule has 1 unspecified atom stereocenters. The van der Waals surface area contributed by atoms with Gasteiger partial charge in [0.05, 0.1) is 11.6 Å².